The molecule has 0 unspecified atom stereocenters. The Balaban J connectivity index is 3.30. The van der Waals surface area contributed by atoms with Crippen molar-refractivity contribution in [2.24, 2.45) is 0 Å². The molecule has 0 aliphatic heterocycles. The molecule has 1 rings (SSSR count). The van der Waals surface area contributed by atoms with E-state index in [1.807, 2.05) is 6.92 Å². The lowest BCUT2D eigenvalue weighted by molar-refractivity contribution is 0.278. The lowest BCUT2D eigenvalue weighted by Crippen LogP contribution is -2.15. The van der Waals surface area contributed by atoms with Crippen molar-refractivity contribution in [3.8, 4) is 0 Å². The van der Waals surface area contributed by atoms with Gasteiger partial charge in [-0.05, 0) is 6.92 Å². The summed E-state index contributed by atoms with van der Waals surface area (Å²) in [6.45, 7) is 8.83. The van der Waals surface area contributed by atoms with Gasteiger partial charge in [0.2, 0.25) is 0 Å². The molecule has 14 heavy (non-hydrogen) atoms. The minimum absolute atomic E-state index is 0.0502. The van der Waals surface area contributed by atoms with E-state index < -0.39 is 0 Å². The van der Waals surface area contributed by atoms with Gasteiger partial charge in [-0.15, -0.1) is 0 Å². The standard InChI is InChI=1S/C10H17ClN2O/c1-5-13-9(11)7(6-14)8(12-13)10(2,3)4/h14H,5-6H2,1-4H3. The molecule has 80 valence electrons. The van der Waals surface area contributed by atoms with Gasteiger partial charge in [0, 0.05) is 17.5 Å². The van der Waals surface area contributed by atoms with Crippen molar-refractivity contribution in [1.82, 2.24) is 9.78 Å². The van der Waals surface area contributed by atoms with Crippen molar-refractivity contribution >= 4 is 11.6 Å². The second-order valence-corrected chi connectivity index (χ2v) is 4.70. The maximum absolute atomic E-state index is 9.23. The van der Waals surface area contributed by atoms with E-state index in [4.69, 9.17) is 11.6 Å². The van der Waals surface area contributed by atoms with Gasteiger partial charge in [-0.1, -0.05) is 32.4 Å². The van der Waals surface area contributed by atoms with E-state index in [1.165, 1.54) is 0 Å². The van der Waals surface area contributed by atoms with Crippen LogP contribution in [-0.4, -0.2) is 14.9 Å². The third kappa shape index (κ3) is 1.93. The van der Waals surface area contributed by atoms with Crippen LogP contribution >= 0.6 is 11.6 Å². The van der Waals surface area contributed by atoms with E-state index in [0.717, 1.165) is 17.8 Å². The maximum atomic E-state index is 9.23. The highest BCUT2D eigenvalue weighted by atomic mass is 35.5. The molecule has 0 saturated carbocycles. The Labute approximate surface area is 89.7 Å². The van der Waals surface area contributed by atoms with Crippen molar-refractivity contribution in [2.75, 3.05) is 0 Å². The molecule has 0 fully saturated rings. The quantitative estimate of drug-likeness (QED) is 0.824. The number of halogens is 1. The van der Waals surface area contributed by atoms with E-state index in [2.05, 4.69) is 25.9 Å². The summed E-state index contributed by atoms with van der Waals surface area (Å²) in [6.07, 6.45) is 0. The third-order valence-corrected chi connectivity index (χ3v) is 2.57. The molecule has 0 saturated heterocycles. The van der Waals surface area contributed by atoms with E-state index in [0.29, 0.717) is 5.15 Å². The molecule has 0 aliphatic rings. The zero-order valence-electron chi connectivity index (χ0n) is 9.13. The second-order valence-electron chi connectivity index (χ2n) is 4.34. The molecule has 0 atom stereocenters. The largest absolute Gasteiger partial charge is 0.391 e. The van der Waals surface area contributed by atoms with Gasteiger partial charge < -0.3 is 5.11 Å². The summed E-state index contributed by atoms with van der Waals surface area (Å²) in [6, 6.07) is 0. The number of rotatable bonds is 2. The van der Waals surface area contributed by atoms with Gasteiger partial charge in [0.05, 0.1) is 12.3 Å². The van der Waals surface area contributed by atoms with Gasteiger partial charge >= 0.3 is 0 Å². The summed E-state index contributed by atoms with van der Waals surface area (Å²) in [5.74, 6) is 0. The van der Waals surface area contributed by atoms with Crippen molar-refractivity contribution in [3.05, 3.63) is 16.4 Å². The average Bonchev–Trinajstić information content (AvgIpc) is 2.41. The number of hydrogen-bond acceptors (Lipinski definition) is 2. The molecule has 0 amide bonds. The molecule has 0 aromatic carbocycles. The number of aliphatic hydroxyl groups is 1. The van der Waals surface area contributed by atoms with Crippen molar-refractivity contribution in [2.45, 2.75) is 46.3 Å². The Morgan fingerprint density at radius 1 is 1.43 bits per heavy atom. The fraction of sp³-hybridized carbons (Fsp3) is 0.700. The summed E-state index contributed by atoms with van der Waals surface area (Å²) in [4.78, 5) is 0. The molecule has 4 heteroatoms. The van der Waals surface area contributed by atoms with E-state index in [1.54, 1.807) is 4.68 Å². The van der Waals surface area contributed by atoms with Crippen LogP contribution in [0.2, 0.25) is 5.15 Å². The van der Waals surface area contributed by atoms with Gasteiger partial charge in [0.15, 0.2) is 0 Å². The highest BCUT2D eigenvalue weighted by Crippen LogP contribution is 2.29. The van der Waals surface area contributed by atoms with Crippen LogP contribution in [0.4, 0.5) is 0 Å². The first-order chi connectivity index (χ1) is 6.41. The molecular formula is C10H17ClN2O. The van der Waals surface area contributed by atoms with Crippen LogP contribution in [0, 0.1) is 0 Å². The van der Waals surface area contributed by atoms with Crippen molar-refractivity contribution < 1.29 is 5.11 Å². The van der Waals surface area contributed by atoms with Crippen molar-refractivity contribution in [3.63, 3.8) is 0 Å². The monoisotopic (exact) mass is 216 g/mol. The summed E-state index contributed by atoms with van der Waals surface area (Å²) < 4.78 is 1.72. The van der Waals surface area contributed by atoms with Crippen LogP contribution in [0.25, 0.3) is 0 Å². The van der Waals surface area contributed by atoms with Gasteiger partial charge in [-0.25, -0.2) is 0 Å². The van der Waals surface area contributed by atoms with Crippen LogP contribution in [0.3, 0.4) is 0 Å². The normalized spacial score (nSPS) is 12.1. The smallest absolute Gasteiger partial charge is 0.132 e. The second kappa shape index (κ2) is 3.91. The lowest BCUT2D eigenvalue weighted by Gasteiger charge is -2.16. The van der Waals surface area contributed by atoms with Crippen LogP contribution in [0.5, 0.6) is 0 Å². The summed E-state index contributed by atoms with van der Waals surface area (Å²) in [5, 5.41) is 14.2. The third-order valence-electron chi connectivity index (χ3n) is 2.15. The Bertz CT molecular complexity index is 326. The number of hydrogen-bond donors (Lipinski definition) is 1. The van der Waals surface area contributed by atoms with E-state index in [9.17, 15) is 5.11 Å². The highest BCUT2D eigenvalue weighted by molar-refractivity contribution is 6.30. The zero-order chi connectivity index (χ0) is 10.9. The van der Waals surface area contributed by atoms with Gasteiger partial charge in [-0.3, -0.25) is 4.68 Å². The molecule has 0 aliphatic carbocycles. The fourth-order valence-electron chi connectivity index (χ4n) is 1.43. The number of aryl methyl sites for hydroxylation is 1. The predicted octanol–water partition coefficient (Wildman–Crippen LogP) is 2.35. The minimum Gasteiger partial charge on any atom is -0.391 e. The first kappa shape index (κ1) is 11.5. The topological polar surface area (TPSA) is 38.0 Å². The molecule has 3 nitrogen and oxygen atoms in total. The van der Waals surface area contributed by atoms with Crippen LogP contribution in [-0.2, 0) is 18.6 Å². The Morgan fingerprint density at radius 2 is 2.00 bits per heavy atom. The number of aromatic nitrogens is 2. The first-order valence-electron chi connectivity index (χ1n) is 4.78. The van der Waals surface area contributed by atoms with Gasteiger partial charge in [-0.2, -0.15) is 5.10 Å². The summed E-state index contributed by atoms with van der Waals surface area (Å²) in [5.41, 5.74) is 1.55. The van der Waals surface area contributed by atoms with Crippen LogP contribution < -0.4 is 0 Å². The molecule has 0 spiro atoms. The average molecular weight is 217 g/mol. The molecule has 1 aromatic heterocycles. The zero-order valence-corrected chi connectivity index (χ0v) is 9.89. The fourth-order valence-corrected chi connectivity index (χ4v) is 1.74. The molecule has 0 radical (unpaired) electrons. The minimum atomic E-state index is -0.0812. The summed E-state index contributed by atoms with van der Waals surface area (Å²) >= 11 is 6.08. The Kier molecular flexibility index (Phi) is 3.22. The lowest BCUT2D eigenvalue weighted by atomic mass is 9.90. The molecule has 1 heterocycles. The molecular weight excluding hydrogens is 200 g/mol. The van der Waals surface area contributed by atoms with Gasteiger partial charge in [0.1, 0.15) is 5.15 Å². The molecule has 1 N–H and O–H groups in total. The SMILES string of the molecule is CCn1nc(C(C)(C)C)c(CO)c1Cl. The van der Waals surface area contributed by atoms with Crippen LogP contribution in [0.15, 0.2) is 0 Å². The maximum Gasteiger partial charge on any atom is 0.132 e. The Morgan fingerprint density at radius 3 is 2.29 bits per heavy atom. The van der Waals surface area contributed by atoms with Crippen molar-refractivity contribution in [1.29, 1.82) is 0 Å². The van der Waals surface area contributed by atoms with E-state index >= 15 is 0 Å². The first-order valence-corrected chi connectivity index (χ1v) is 5.16. The van der Waals surface area contributed by atoms with Crippen LogP contribution in [0.1, 0.15) is 39.0 Å². The predicted molar refractivity (Wildman–Crippen MR) is 57.5 cm³/mol. The highest BCUT2D eigenvalue weighted by Gasteiger charge is 2.24. The summed E-state index contributed by atoms with van der Waals surface area (Å²) in [7, 11) is 0. The van der Waals surface area contributed by atoms with Gasteiger partial charge in [0.25, 0.3) is 0 Å². The number of aliphatic hydroxyl groups excluding tert-OH is 1. The van der Waals surface area contributed by atoms with E-state index in [-0.39, 0.29) is 12.0 Å². The molecule has 0 bridgehead atoms. The number of nitrogens with zero attached hydrogens (tertiary/aromatic N) is 2. The molecule has 1 aromatic rings. The Hall–Kier alpha value is -0.540.